The molecule has 4 rings (SSSR count). The van der Waals surface area contributed by atoms with Gasteiger partial charge in [-0.15, -0.1) is 5.56 Å². The van der Waals surface area contributed by atoms with E-state index in [4.69, 9.17) is 0 Å². The molecule has 3 aromatic rings. The molecule has 0 amide bonds. The molecule has 1 aliphatic rings. The normalized spacial score (nSPS) is 11.2. The third-order valence-electron chi connectivity index (χ3n) is 4.67. The van der Waals surface area contributed by atoms with Gasteiger partial charge in [-0.3, -0.25) is 0 Å². The van der Waals surface area contributed by atoms with E-state index in [1.807, 2.05) is 36.4 Å². The Bertz CT molecular complexity index is 811. The first-order valence-corrected chi connectivity index (χ1v) is 15.1. The van der Waals surface area contributed by atoms with Crippen LogP contribution in [-0.2, 0) is 29.8 Å². The molecule has 0 heterocycles. The van der Waals surface area contributed by atoms with Crippen molar-refractivity contribution < 1.29 is 48.1 Å². The zero-order valence-corrected chi connectivity index (χ0v) is 23.9. The van der Waals surface area contributed by atoms with Crippen molar-refractivity contribution >= 4 is 5.43 Å². The molecule has 0 unspecified atom stereocenters. The van der Waals surface area contributed by atoms with Gasteiger partial charge in [0.1, 0.15) is 0 Å². The zero-order valence-electron chi connectivity index (χ0n) is 18.9. The summed E-state index contributed by atoms with van der Waals surface area (Å²) in [4.78, 5) is 0. The van der Waals surface area contributed by atoms with Crippen molar-refractivity contribution in [2.24, 2.45) is 0 Å². The zero-order chi connectivity index (χ0) is 20.8. The minimum atomic E-state index is -0.131. The minimum absolute atomic E-state index is 0. The summed E-state index contributed by atoms with van der Waals surface area (Å²) in [7, 11) is 0. The predicted octanol–water partition coefficient (Wildman–Crippen LogP) is 1.60. The number of fused-ring (bicyclic) bond motifs is 3. The van der Waals surface area contributed by atoms with Crippen molar-refractivity contribution in [3.8, 4) is 11.1 Å². The monoisotopic (exact) mass is 532 g/mol. The molecule has 0 radical (unpaired) electrons. The number of halogens is 2. The molecule has 0 N–H and O–H groups in total. The van der Waals surface area contributed by atoms with Gasteiger partial charge in [-0.25, -0.2) is 12.1 Å². The molecular formula is C26H32Cl2SiZr-2. The van der Waals surface area contributed by atoms with Gasteiger partial charge in [0.25, 0.3) is 0 Å². The summed E-state index contributed by atoms with van der Waals surface area (Å²) < 4.78 is 0. The Labute approximate surface area is 211 Å². The maximum Gasteiger partial charge on any atom is -0.0253 e. The summed E-state index contributed by atoms with van der Waals surface area (Å²) in [6, 6.07) is 28.1. The average Bonchev–Trinajstić information content (AvgIpc) is 3.31. The molecule has 0 aromatic heterocycles. The summed E-state index contributed by atoms with van der Waals surface area (Å²) in [5, 5.41) is 1.17. The van der Waals surface area contributed by atoms with Gasteiger partial charge < -0.3 is 24.8 Å². The van der Waals surface area contributed by atoms with Crippen LogP contribution >= 0.6 is 0 Å². The second-order valence-corrected chi connectivity index (χ2v) is 16.7. The van der Waals surface area contributed by atoms with Gasteiger partial charge in [0.05, 0.1) is 0 Å². The maximum absolute atomic E-state index is 3.30. The van der Waals surface area contributed by atoms with E-state index in [2.05, 4.69) is 84.0 Å². The Kier molecular flexibility index (Phi) is 12.9. The summed E-state index contributed by atoms with van der Waals surface area (Å²) in [5.74, 6) is 0. The SMILES string of the molecule is CC(C)(C)[Si](=[Zr+2])C(C)(C)C.[Cl-].[Cl-].[c-]1cccc2c1Cc1ccccc1-2.c1cc[cH-]c1. The van der Waals surface area contributed by atoms with Crippen LogP contribution < -0.4 is 24.8 Å². The van der Waals surface area contributed by atoms with Gasteiger partial charge in [-0.05, 0) is 6.42 Å². The molecule has 0 aliphatic heterocycles. The quantitative estimate of drug-likeness (QED) is 0.238. The molecule has 0 saturated carbocycles. The van der Waals surface area contributed by atoms with E-state index in [0.717, 1.165) is 6.42 Å². The van der Waals surface area contributed by atoms with E-state index in [1.165, 1.54) is 22.3 Å². The topological polar surface area (TPSA) is 0 Å². The smallest absolute Gasteiger partial charge is 0.0253 e. The van der Waals surface area contributed by atoms with Crippen molar-refractivity contribution in [2.75, 3.05) is 0 Å². The molecule has 0 atom stereocenters. The first-order valence-electron chi connectivity index (χ1n) is 9.95. The van der Waals surface area contributed by atoms with Gasteiger partial charge in [0.15, 0.2) is 0 Å². The van der Waals surface area contributed by atoms with E-state index in [1.54, 1.807) is 23.3 Å². The van der Waals surface area contributed by atoms with Gasteiger partial charge in [-0.2, -0.15) is 48.0 Å². The van der Waals surface area contributed by atoms with Crippen LogP contribution in [0.2, 0.25) is 10.1 Å². The first-order chi connectivity index (χ1) is 13.1. The average molecular weight is 535 g/mol. The molecule has 160 valence electrons. The molecular weight excluding hydrogens is 503 g/mol. The molecule has 30 heavy (non-hydrogen) atoms. The standard InChI is InChI=1S/C13H9.C8H18Si.C5H5.2ClH.Zr/c1-3-7-12-10(5-1)9-11-6-2-4-8-13(11)12;1-7(2,3)9-8(4,5)6;1-2-4-5-3-1;;;/h1-5,7-8H,9H2;1-6H3;1-5H;2*1H;/q-1;;-1;;;+2/p-2. The first kappa shape index (κ1) is 29.5. The van der Waals surface area contributed by atoms with Crippen LogP contribution in [0.4, 0.5) is 0 Å². The van der Waals surface area contributed by atoms with Gasteiger partial charge in [-0.1, -0.05) is 35.4 Å². The van der Waals surface area contributed by atoms with E-state index < -0.39 is 0 Å². The molecule has 0 fully saturated rings. The Morgan fingerprint density at radius 3 is 1.80 bits per heavy atom. The fourth-order valence-corrected chi connectivity index (χ4v) is 5.69. The largest absolute Gasteiger partial charge is 1.00 e. The summed E-state index contributed by atoms with van der Waals surface area (Å²) in [6.45, 7) is 14.3. The maximum atomic E-state index is 3.30. The van der Waals surface area contributed by atoms with E-state index in [0.29, 0.717) is 10.1 Å². The van der Waals surface area contributed by atoms with Crippen molar-refractivity contribution in [1.29, 1.82) is 0 Å². The summed E-state index contributed by atoms with van der Waals surface area (Å²) >= 11 is 1.77. The fraction of sp³-hybridized carbons (Fsp3) is 0.346. The molecule has 1 aliphatic carbocycles. The van der Waals surface area contributed by atoms with E-state index in [9.17, 15) is 0 Å². The van der Waals surface area contributed by atoms with Crippen molar-refractivity contribution in [1.82, 2.24) is 0 Å². The molecule has 0 nitrogen and oxygen atoms in total. The molecule has 0 saturated heterocycles. The second kappa shape index (κ2) is 13.1. The van der Waals surface area contributed by atoms with Crippen LogP contribution in [0, 0.1) is 6.07 Å². The second-order valence-electron chi connectivity index (χ2n) is 9.23. The van der Waals surface area contributed by atoms with Crippen molar-refractivity contribution in [3.63, 3.8) is 0 Å². The summed E-state index contributed by atoms with van der Waals surface area (Å²) in [5.41, 5.74) is 5.38. The van der Waals surface area contributed by atoms with E-state index >= 15 is 0 Å². The Morgan fingerprint density at radius 2 is 1.33 bits per heavy atom. The van der Waals surface area contributed by atoms with Crippen LogP contribution in [-0.4, -0.2) is 5.43 Å². The Morgan fingerprint density at radius 1 is 0.800 bits per heavy atom. The van der Waals surface area contributed by atoms with Gasteiger partial charge in [0.2, 0.25) is 0 Å². The van der Waals surface area contributed by atoms with Crippen LogP contribution in [0.25, 0.3) is 11.1 Å². The summed E-state index contributed by atoms with van der Waals surface area (Å²) in [6.07, 6.45) is 1.05. The van der Waals surface area contributed by atoms with Crippen LogP contribution in [0.3, 0.4) is 0 Å². The minimum Gasteiger partial charge on any atom is -1.00 e. The van der Waals surface area contributed by atoms with Gasteiger partial charge in [0, 0.05) is 0 Å². The fourth-order valence-electron chi connectivity index (χ4n) is 3.44. The number of rotatable bonds is 0. The van der Waals surface area contributed by atoms with Gasteiger partial charge >= 0.3 is 80.4 Å². The van der Waals surface area contributed by atoms with Crippen LogP contribution in [0.5, 0.6) is 0 Å². The number of hydrogen-bond acceptors (Lipinski definition) is 0. The van der Waals surface area contributed by atoms with E-state index in [-0.39, 0.29) is 30.2 Å². The predicted molar refractivity (Wildman–Crippen MR) is 121 cm³/mol. The van der Waals surface area contributed by atoms with Crippen LogP contribution in [0.1, 0.15) is 52.7 Å². The molecule has 0 spiro atoms. The van der Waals surface area contributed by atoms with Crippen molar-refractivity contribution in [2.45, 2.75) is 58.0 Å². The van der Waals surface area contributed by atoms with Crippen molar-refractivity contribution in [3.05, 3.63) is 90.0 Å². The molecule has 4 heteroatoms. The third-order valence-corrected chi connectivity index (χ3v) is 18.7. The number of hydrogen-bond donors (Lipinski definition) is 0. The molecule has 0 bridgehead atoms. The Balaban J connectivity index is 0.000000444. The molecule has 3 aromatic carbocycles. The Hall–Kier alpha value is -0.530. The third kappa shape index (κ3) is 8.91. The number of benzene rings is 2. The van der Waals surface area contributed by atoms with Crippen LogP contribution in [0.15, 0.2) is 72.8 Å².